The van der Waals surface area contributed by atoms with E-state index in [-0.39, 0.29) is 0 Å². The molecule has 0 N–H and O–H groups in total. The number of carbonyl (C=O) groups is 2. The first-order chi connectivity index (χ1) is 12.5. The molecule has 0 aliphatic heterocycles. The molecule has 0 saturated carbocycles. The maximum Gasteiger partial charge on any atom is 0.330 e. The van der Waals surface area contributed by atoms with E-state index < -0.39 is 11.9 Å². The first kappa shape index (κ1) is 20.9. The number of ether oxygens (including phenoxy) is 3. The van der Waals surface area contributed by atoms with Crippen LogP contribution in [0.5, 0.6) is 5.88 Å². The van der Waals surface area contributed by atoms with E-state index >= 15 is 0 Å². The van der Waals surface area contributed by atoms with Gasteiger partial charge in [-0.15, -0.1) is 0 Å². The lowest BCUT2D eigenvalue weighted by molar-refractivity contribution is -0.140. The third-order valence-electron chi connectivity index (χ3n) is 3.03. The monoisotopic (exact) mass is 357 g/mol. The molecule has 0 unspecified atom stereocenters. The van der Waals surface area contributed by atoms with Gasteiger partial charge < -0.3 is 14.2 Å². The normalized spacial score (nSPS) is 9.96. The lowest BCUT2D eigenvalue weighted by atomic mass is 10.1. The maximum atomic E-state index is 10.6. The average molecular weight is 357 g/mol. The van der Waals surface area contributed by atoms with E-state index in [0.29, 0.717) is 19.1 Å². The van der Waals surface area contributed by atoms with Crippen molar-refractivity contribution in [2.75, 3.05) is 13.2 Å². The van der Waals surface area contributed by atoms with Crippen molar-refractivity contribution >= 4 is 22.8 Å². The Labute approximate surface area is 153 Å². The van der Waals surface area contributed by atoms with Gasteiger partial charge in [0, 0.05) is 23.6 Å². The molecule has 1 aromatic heterocycles. The first-order valence-electron chi connectivity index (χ1n) is 8.17. The Hall–Kier alpha value is -3.15. The number of hydrogen-bond donors (Lipinski definition) is 0. The Kier molecular flexibility index (Phi) is 9.17. The molecule has 1 aromatic carbocycles. The van der Waals surface area contributed by atoms with Crippen LogP contribution < -0.4 is 4.74 Å². The molecule has 0 bridgehead atoms. The zero-order chi connectivity index (χ0) is 19.4. The fraction of sp³-hybridized carbons (Fsp3) is 0.250. The largest absolute Gasteiger partial charge is 0.463 e. The maximum absolute atomic E-state index is 10.6. The molecule has 1 heterocycles. The summed E-state index contributed by atoms with van der Waals surface area (Å²) in [5.74, 6) is -0.479. The van der Waals surface area contributed by atoms with Crippen molar-refractivity contribution in [3.05, 3.63) is 60.9 Å². The second-order valence-electron chi connectivity index (χ2n) is 4.92. The van der Waals surface area contributed by atoms with Crippen LogP contribution in [0.2, 0.25) is 0 Å². The van der Waals surface area contributed by atoms with Gasteiger partial charge in [-0.25, -0.2) is 14.6 Å². The molecule has 0 spiro atoms. The number of benzene rings is 1. The molecule has 0 saturated heterocycles. The van der Waals surface area contributed by atoms with Gasteiger partial charge in [-0.3, -0.25) is 0 Å². The number of pyridine rings is 1. The van der Waals surface area contributed by atoms with Gasteiger partial charge in [0.25, 0.3) is 0 Å². The van der Waals surface area contributed by atoms with Gasteiger partial charge >= 0.3 is 11.9 Å². The van der Waals surface area contributed by atoms with Gasteiger partial charge in [-0.05, 0) is 32.4 Å². The Morgan fingerprint density at radius 1 is 1.08 bits per heavy atom. The number of para-hydroxylation sites is 1. The van der Waals surface area contributed by atoms with E-state index in [1.807, 2.05) is 31.2 Å². The molecule has 0 atom stereocenters. The minimum absolute atomic E-state index is 0.298. The van der Waals surface area contributed by atoms with Crippen molar-refractivity contribution in [2.45, 2.75) is 20.8 Å². The van der Waals surface area contributed by atoms with Crippen LogP contribution in [-0.2, 0) is 19.1 Å². The van der Waals surface area contributed by atoms with Crippen molar-refractivity contribution in [3.63, 3.8) is 0 Å². The van der Waals surface area contributed by atoms with Crippen LogP contribution in [-0.4, -0.2) is 30.1 Å². The predicted octanol–water partition coefficient (Wildman–Crippen LogP) is 3.73. The number of aryl methyl sites for hydroxylation is 1. The second-order valence-corrected chi connectivity index (χ2v) is 4.92. The van der Waals surface area contributed by atoms with E-state index in [0.717, 1.165) is 28.6 Å². The van der Waals surface area contributed by atoms with Crippen LogP contribution in [0.1, 0.15) is 19.4 Å². The van der Waals surface area contributed by atoms with E-state index in [4.69, 9.17) is 4.74 Å². The summed E-state index contributed by atoms with van der Waals surface area (Å²) in [6, 6.07) is 9.90. The Bertz CT molecular complexity index is 763. The molecular formula is C20H23NO5. The van der Waals surface area contributed by atoms with Gasteiger partial charge in [-0.1, -0.05) is 24.8 Å². The Morgan fingerprint density at radius 3 is 2.19 bits per heavy atom. The molecule has 6 heteroatoms. The fourth-order valence-electron chi connectivity index (χ4n) is 1.98. The summed E-state index contributed by atoms with van der Waals surface area (Å²) in [4.78, 5) is 25.6. The number of nitrogens with zero attached hydrogens (tertiary/aromatic N) is 1. The van der Waals surface area contributed by atoms with E-state index in [2.05, 4.69) is 27.1 Å². The molecule has 2 aromatic rings. The number of esters is 2. The summed E-state index contributed by atoms with van der Waals surface area (Å²) in [6.07, 6.45) is 3.47. The zero-order valence-electron chi connectivity index (χ0n) is 15.2. The predicted molar refractivity (Wildman–Crippen MR) is 99.7 cm³/mol. The van der Waals surface area contributed by atoms with Crippen molar-refractivity contribution in [2.24, 2.45) is 0 Å². The minimum atomic E-state index is -0.537. The van der Waals surface area contributed by atoms with Crippen LogP contribution in [0.25, 0.3) is 10.9 Å². The van der Waals surface area contributed by atoms with Gasteiger partial charge in [0.05, 0.1) is 25.0 Å². The Morgan fingerprint density at radius 2 is 1.65 bits per heavy atom. The quantitative estimate of drug-likeness (QED) is 0.445. The number of hydrogen-bond acceptors (Lipinski definition) is 6. The highest BCUT2D eigenvalue weighted by Crippen LogP contribution is 2.20. The highest BCUT2D eigenvalue weighted by atomic mass is 16.5. The zero-order valence-corrected chi connectivity index (χ0v) is 15.2. The van der Waals surface area contributed by atoms with Crippen molar-refractivity contribution in [1.29, 1.82) is 0 Å². The number of carbonyl (C=O) groups excluding carboxylic acids is 2. The van der Waals surface area contributed by atoms with E-state index in [9.17, 15) is 9.59 Å². The van der Waals surface area contributed by atoms with E-state index in [1.54, 1.807) is 13.8 Å². The molecule has 6 nitrogen and oxygen atoms in total. The summed E-state index contributed by atoms with van der Waals surface area (Å²) in [5.41, 5.74) is 2.11. The highest BCUT2D eigenvalue weighted by molar-refractivity contribution is 5.91. The summed E-state index contributed by atoms with van der Waals surface area (Å²) in [7, 11) is 0. The smallest absolute Gasteiger partial charge is 0.330 e. The van der Waals surface area contributed by atoms with Crippen molar-refractivity contribution < 1.29 is 23.8 Å². The minimum Gasteiger partial charge on any atom is -0.463 e. The fourth-order valence-corrected chi connectivity index (χ4v) is 1.98. The van der Waals surface area contributed by atoms with Crippen LogP contribution in [0.3, 0.4) is 0 Å². The molecule has 0 radical (unpaired) electrons. The van der Waals surface area contributed by atoms with Gasteiger partial charge in [-0.2, -0.15) is 0 Å². The first-order valence-corrected chi connectivity index (χ1v) is 8.17. The highest BCUT2D eigenvalue weighted by Gasteiger charge is 2.01. The standard InChI is InChI=1S/C12H11NO.C8H12O4/c1-3-14-12-8-9(2)10-6-4-5-7-11(10)13-12;1-3-11-7(9)5-6-8(10)12-4-2/h3-8H,1H2,2H3;5-6H,3-4H2,1-2H3/b;6-5-. The van der Waals surface area contributed by atoms with Crippen LogP contribution in [0.4, 0.5) is 0 Å². The SMILES string of the molecule is C=COc1cc(C)c2ccccc2n1.CCOC(=O)/C=C\C(=O)OCC. The van der Waals surface area contributed by atoms with Crippen LogP contribution in [0.15, 0.2) is 55.3 Å². The van der Waals surface area contributed by atoms with Crippen molar-refractivity contribution in [1.82, 2.24) is 4.98 Å². The molecule has 138 valence electrons. The average Bonchev–Trinajstić information content (AvgIpc) is 2.61. The number of fused-ring (bicyclic) bond motifs is 1. The molecular weight excluding hydrogens is 334 g/mol. The van der Waals surface area contributed by atoms with Gasteiger partial charge in [0.1, 0.15) is 0 Å². The number of rotatable bonds is 6. The van der Waals surface area contributed by atoms with Crippen LogP contribution in [0, 0.1) is 6.92 Å². The van der Waals surface area contributed by atoms with Crippen LogP contribution >= 0.6 is 0 Å². The third-order valence-corrected chi connectivity index (χ3v) is 3.03. The summed E-state index contributed by atoms with van der Waals surface area (Å²) in [5, 5.41) is 1.16. The van der Waals surface area contributed by atoms with E-state index in [1.165, 1.54) is 6.26 Å². The molecule has 0 fully saturated rings. The summed E-state index contributed by atoms with van der Waals surface area (Å²) < 4.78 is 14.2. The number of aromatic nitrogens is 1. The third kappa shape index (κ3) is 7.17. The summed E-state index contributed by atoms with van der Waals surface area (Å²) >= 11 is 0. The molecule has 0 aliphatic rings. The molecule has 2 rings (SSSR count). The van der Waals surface area contributed by atoms with Crippen molar-refractivity contribution in [3.8, 4) is 5.88 Å². The van der Waals surface area contributed by atoms with Gasteiger partial charge in [0.2, 0.25) is 5.88 Å². The lowest BCUT2D eigenvalue weighted by Gasteiger charge is -2.04. The van der Waals surface area contributed by atoms with Gasteiger partial charge in [0.15, 0.2) is 0 Å². The topological polar surface area (TPSA) is 74.7 Å². The lowest BCUT2D eigenvalue weighted by Crippen LogP contribution is -2.03. The Balaban J connectivity index is 0.000000265. The molecule has 0 aliphatic carbocycles. The molecule has 0 amide bonds. The molecule has 26 heavy (non-hydrogen) atoms. The second kappa shape index (κ2) is 11.4. The summed E-state index contributed by atoms with van der Waals surface area (Å²) in [6.45, 7) is 9.52.